The van der Waals surface area contributed by atoms with Gasteiger partial charge in [0.15, 0.2) is 0 Å². The van der Waals surface area contributed by atoms with Crippen molar-refractivity contribution in [1.29, 1.82) is 0 Å². The highest BCUT2D eigenvalue weighted by atomic mass is 16.3. The Balaban J connectivity index is 0.875. The van der Waals surface area contributed by atoms with Crippen LogP contribution in [0.15, 0.2) is 253 Å². The van der Waals surface area contributed by atoms with E-state index in [1.165, 1.54) is 65.4 Å². The molecule has 1 atom stereocenters. The lowest BCUT2D eigenvalue weighted by atomic mass is 9.88. The number of nitrogens with zero attached hydrogens (tertiary/aromatic N) is 2. The molecule has 0 saturated heterocycles. The van der Waals surface area contributed by atoms with E-state index in [1.807, 2.05) is 0 Å². The molecule has 2 heterocycles. The first-order valence-corrected chi connectivity index (χ1v) is 23.9. The van der Waals surface area contributed by atoms with Gasteiger partial charge in [-0.25, -0.2) is 0 Å². The first-order valence-electron chi connectivity index (χ1n) is 23.9. The largest absolute Gasteiger partial charge is 0.455 e. The Morgan fingerprint density at radius 2 is 1.06 bits per heavy atom. The summed E-state index contributed by atoms with van der Waals surface area (Å²) in [7, 11) is 0. The lowest BCUT2D eigenvalue weighted by Crippen LogP contribution is -2.10. The van der Waals surface area contributed by atoms with Crippen molar-refractivity contribution in [2.24, 2.45) is 0 Å². The van der Waals surface area contributed by atoms with Gasteiger partial charge in [0.2, 0.25) is 0 Å². The van der Waals surface area contributed by atoms with Gasteiger partial charge >= 0.3 is 0 Å². The molecule has 0 bridgehead atoms. The zero-order valence-electron chi connectivity index (χ0n) is 37.8. The predicted molar refractivity (Wildman–Crippen MR) is 292 cm³/mol. The summed E-state index contributed by atoms with van der Waals surface area (Å²) in [6.45, 7) is 0. The smallest absolute Gasteiger partial charge is 0.143 e. The van der Waals surface area contributed by atoms with Crippen LogP contribution in [-0.4, -0.2) is 4.57 Å². The van der Waals surface area contributed by atoms with Crippen molar-refractivity contribution in [1.82, 2.24) is 4.57 Å². The van der Waals surface area contributed by atoms with Crippen LogP contribution in [0.3, 0.4) is 0 Å². The second-order valence-electron chi connectivity index (χ2n) is 18.4. The van der Waals surface area contributed by atoms with Gasteiger partial charge in [0.1, 0.15) is 11.2 Å². The van der Waals surface area contributed by atoms with Crippen molar-refractivity contribution >= 4 is 98.7 Å². The molecule has 3 heteroatoms. The van der Waals surface area contributed by atoms with Crippen LogP contribution in [-0.2, 0) is 0 Å². The Kier molecular flexibility index (Phi) is 9.03. The van der Waals surface area contributed by atoms with Gasteiger partial charge in [-0.05, 0) is 134 Å². The average Bonchev–Trinajstić information content (AvgIpc) is 3.97. The molecule has 14 rings (SSSR count). The lowest BCUT2D eigenvalue weighted by molar-refractivity contribution is 0.672. The van der Waals surface area contributed by atoms with Gasteiger partial charge in [0, 0.05) is 61.7 Å². The molecule has 0 saturated carbocycles. The first kappa shape index (κ1) is 39.3. The minimum Gasteiger partial charge on any atom is -0.455 e. The highest BCUT2D eigenvalue weighted by molar-refractivity contribution is 6.16. The summed E-state index contributed by atoms with van der Waals surface area (Å²) in [6.07, 6.45) is 8.00. The molecule has 0 radical (unpaired) electrons. The highest BCUT2D eigenvalue weighted by Crippen LogP contribution is 2.43. The van der Waals surface area contributed by atoms with E-state index >= 15 is 0 Å². The number of para-hydroxylation sites is 1. The van der Waals surface area contributed by atoms with Gasteiger partial charge in [-0.1, -0.05) is 170 Å². The summed E-state index contributed by atoms with van der Waals surface area (Å²) in [5.74, 6) is 0.396. The second-order valence-corrected chi connectivity index (χ2v) is 18.4. The van der Waals surface area contributed by atoms with E-state index in [2.05, 4.69) is 258 Å². The maximum atomic E-state index is 6.77. The zero-order valence-corrected chi connectivity index (χ0v) is 37.8. The monoisotopic (exact) mass is 880 g/mol. The molecule has 0 fully saturated rings. The number of aromatic nitrogens is 1. The fraction of sp³-hybridized carbons (Fsp3) is 0.0303. The molecule has 0 spiro atoms. The minimum atomic E-state index is 0.396. The lowest BCUT2D eigenvalue weighted by Gasteiger charge is -2.26. The normalized spacial score (nSPS) is 13.9. The van der Waals surface area contributed by atoms with Gasteiger partial charge in [-0.2, -0.15) is 0 Å². The molecule has 0 amide bonds. The third-order valence-electron chi connectivity index (χ3n) is 14.5. The van der Waals surface area contributed by atoms with Crippen molar-refractivity contribution in [3.05, 3.63) is 260 Å². The number of hydrogen-bond acceptors (Lipinski definition) is 2. The second kappa shape index (κ2) is 15.9. The Morgan fingerprint density at radius 3 is 1.90 bits per heavy atom. The van der Waals surface area contributed by atoms with E-state index in [1.54, 1.807) is 0 Å². The summed E-state index contributed by atoms with van der Waals surface area (Å²) >= 11 is 0. The van der Waals surface area contributed by atoms with Crippen LogP contribution >= 0.6 is 0 Å². The zero-order chi connectivity index (χ0) is 45.4. The van der Waals surface area contributed by atoms with Crippen molar-refractivity contribution in [3.8, 4) is 16.8 Å². The summed E-state index contributed by atoms with van der Waals surface area (Å²) in [5.41, 5.74) is 14.6. The summed E-state index contributed by atoms with van der Waals surface area (Å²) < 4.78 is 9.19. The van der Waals surface area contributed by atoms with Crippen LogP contribution in [0.2, 0.25) is 0 Å². The third kappa shape index (κ3) is 6.58. The van der Waals surface area contributed by atoms with E-state index < -0.39 is 0 Å². The molecular formula is C66H44N2O. The highest BCUT2D eigenvalue weighted by Gasteiger charge is 2.20. The summed E-state index contributed by atoms with van der Waals surface area (Å²) in [5, 5.41) is 12.0. The molecule has 3 nitrogen and oxygen atoms in total. The predicted octanol–water partition coefficient (Wildman–Crippen LogP) is 18.4. The maximum absolute atomic E-state index is 6.77. The SMILES string of the molecule is C1=CC(c2ccccc2)CC=C1c1ccc(N(c2cccc(-c3ccc4c(c3)c3ccccc3n4-c3ccc4ccc5ccccc5c4c3)c2)c2ccc3c(c2)oc2c4ccccc4ccc32)cc1. The van der Waals surface area contributed by atoms with E-state index in [4.69, 9.17) is 4.42 Å². The molecule has 11 aromatic carbocycles. The van der Waals surface area contributed by atoms with Gasteiger partial charge in [-0.15, -0.1) is 0 Å². The van der Waals surface area contributed by atoms with E-state index in [0.29, 0.717) is 5.92 Å². The van der Waals surface area contributed by atoms with Crippen molar-refractivity contribution in [2.45, 2.75) is 12.3 Å². The molecule has 1 aliphatic carbocycles. The van der Waals surface area contributed by atoms with Crippen molar-refractivity contribution in [2.75, 3.05) is 4.90 Å². The average molecular weight is 881 g/mol. The number of anilines is 3. The summed E-state index contributed by atoms with van der Waals surface area (Å²) in [4.78, 5) is 2.36. The number of allylic oxidation sites excluding steroid dienone is 4. The number of rotatable bonds is 7. The fourth-order valence-electron chi connectivity index (χ4n) is 11.0. The van der Waals surface area contributed by atoms with Crippen LogP contribution < -0.4 is 4.90 Å². The molecule has 1 unspecified atom stereocenters. The Hall–Kier alpha value is -8.92. The molecule has 1 aliphatic rings. The molecule has 0 N–H and O–H groups in total. The van der Waals surface area contributed by atoms with Gasteiger partial charge in [0.05, 0.1) is 11.0 Å². The topological polar surface area (TPSA) is 21.3 Å². The van der Waals surface area contributed by atoms with Crippen LogP contribution in [0.5, 0.6) is 0 Å². The molecule has 13 aromatic rings. The van der Waals surface area contributed by atoms with E-state index in [0.717, 1.165) is 67.6 Å². The van der Waals surface area contributed by atoms with Gasteiger partial charge in [-0.3, -0.25) is 0 Å². The standard InChI is InChI=1S/C66H44N2O/c1-2-11-43(12-3-1)44-21-23-45(24-22-44)46-27-32-52(33-28-46)67(55-35-37-59-60-36-30-48-14-5-7-18-57(48)66(60)69-65(59)42-55)53-16-10-15-50(39-53)51-31-38-64-62(40-51)58-19-8-9-20-63(58)68(64)54-34-29-49-26-25-47-13-4-6-17-56(47)61(49)41-54/h1-21,23-42,44H,22H2. The number of fused-ring (bicyclic) bond motifs is 11. The quantitative estimate of drug-likeness (QED) is 0.149. The van der Waals surface area contributed by atoms with Crippen LogP contribution in [0.4, 0.5) is 17.1 Å². The molecule has 0 aliphatic heterocycles. The fourth-order valence-corrected chi connectivity index (χ4v) is 11.0. The van der Waals surface area contributed by atoms with Crippen molar-refractivity contribution < 1.29 is 4.42 Å². The molecular weight excluding hydrogens is 837 g/mol. The van der Waals surface area contributed by atoms with Crippen LogP contribution in [0.1, 0.15) is 23.5 Å². The number of benzene rings is 11. The molecule has 2 aromatic heterocycles. The van der Waals surface area contributed by atoms with Crippen LogP contribution in [0.25, 0.3) is 98.4 Å². The molecule has 324 valence electrons. The maximum Gasteiger partial charge on any atom is 0.143 e. The van der Waals surface area contributed by atoms with E-state index in [9.17, 15) is 0 Å². The van der Waals surface area contributed by atoms with Gasteiger partial charge < -0.3 is 13.9 Å². The number of hydrogen-bond donors (Lipinski definition) is 0. The van der Waals surface area contributed by atoms with Crippen molar-refractivity contribution in [3.63, 3.8) is 0 Å². The Morgan fingerprint density at radius 1 is 0.406 bits per heavy atom. The minimum absolute atomic E-state index is 0.396. The molecule has 69 heavy (non-hydrogen) atoms. The van der Waals surface area contributed by atoms with E-state index in [-0.39, 0.29) is 0 Å². The summed E-state index contributed by atoms with van der Waals surface area (Å²) in [6, 6.07) is 84.1. The first-order chi connectivity index (χ1) is 34.2. The van der Waals surface area contributed by atoms with Gasteiger partial charge in [0.25, 0.3) is 0 Å². The Labute approximate surface area is 399 Å². The Bertz CT molecular complexity index is 4230. The van der Waals surface area contributed by atoms with Crippen LogP contribution in [0, 0.1) is 0 Å². The number of furan rings is 1. The third-order valence-corrected chi connectivity index (χ3v) is 14.5.